The number of sulfone groups is 1. The fourth-order valence-electron chi connectivity index (χ4n) is 1.94. The zero-order valence-electron chi connectivity index (χ0n) is 10.5. The lowest BCUT2D eigenvalue weighted by molar-refractivity contribution is -0.123. The molecule has 0 aromatic carbocycles. The van der Waals surface area contributed by atoms with Gasteiger partial charge in [-0.15, -0.1) is 0 Å². The van der Waals surface area contributed by atoms with Gasteiger partial charge >= 0.3 is 0 Å². The standard InChI is InChI=1S/C12H22O3S/c1-12(2,3)11(13)9-16(14,15)10-7-5-4-6-8-10/h10H,4-9H2,1-3H3. The van der Waals surface area contributed by atoms with Crippen molar-refractivity contribution in [3.8, 4) is 0 Å². The van der Waals surface area contributed by atoms with Crippen LogP contribution in [0.4, 0.5) is 0 Å². The largest absolute Gasteiger partial charge is 0.298 e. The minimum atomic E-state index is -3.22. The summed E-state index contributed by atoms with van der Waals surface area (Å²) >= 11 is 0. The summed E-state index contributed by atoms with van der Waals surface area (Å²) in [4.78, 5) is 11.7. The summed E-state index contributed by atoms with van der Waals surface area (Å²) < 4.78 is 24.0. The Kier molecular flexibility index (Phi) is 4.16. The Balaban J connectivity index is 2.68. The second kappa shape index (κ2) is 4.86. The van der Waals surface area contributed by atoms with Crippen LogP contribution in [-0.2, 0) is 14.6 Å². The third-order valence-corrected chi connectivity index (χ3v) is 5.38. The number of ketones is 1. The molecule has 16 heavy (non-hydrogen) atoms. The van der Waals surface area contributed by atoms with E-state index in [1.165, 1.54) is 0 Å². The molecule has 1 fully saturated rings. The summed E-state index contributed by atoms with van der Waals surface area (Å²) in [6, 6.07) is 0. The maximum absolute atomic E-state index is 12.0. The second-order valence-corrected chi connectivity index (χ2v) is 8.02. The Morgan fingerprint density at radius 3 is 2.06 bits per heavy atom. The molecule has 4 heteroatoms. The van der Waals surface area contributed by atoms with E-state index in [2.05, 4.69) is 0 Å². The molecule has 1 aliphatic carbocycles. The van der Waals surface area contributed by atoms with Crippen molar-refractivity contribution in [2.45, 2.75) is 58.1 Å². The van der Waals surface area contributed by atoms with E-state index in [-0.39, 0.29) is 16.8 Å². The molecule has 0 heterocycles. The molecule has 1 rings (SSSR count). The first kappa shape index (κ1) is 13.7. The van der Waals surface area contributed by atoms with E-state index < -0.39 is 15.3 Å². The number of rotatable bonds is 3. The van der Waals surface area contributed by atoms with E-state index in [0.29, 0.717) is 0 Å². The average Bonchev–Trinajstić information content (AvgIpc) is 2.17. The quantitative estimate of drug-likeness (QED) is 0.768. The molecule has 0 saturated heterocycles. The van der Waals surface area contributed by atoms with Gasteiger partial charge in [0.2, 0.25) is 0 Å². The van der Waals surface area contributed by atoms with Gasteiger partial charge < -0.3 is 0 Å². The monoisotopic (exact) mass is 246 g/mol. The molecule has 0 amide bonds. The van der Waals surface area contributed by atoms with Crippen LogP contribution in [0.25, 0.3) is 0 Å². The molecule has 0 radical (unpaired) electrons. The van der Waals surface area contributed by atoms with Gasteiger partial charge in [-0.3, -0.25) is 4.79 Å². The zero-order valence-corrected chi connectivity index (χ0v) is 11.3. The lowest BCUT2D eigenvalue weighted by Gasteiger charge is -2.23. The molecular formula is C12H22O3S. The molecule has 0 spiro atoms. The van der Waals surface area contributed by atoms with Crippen LogP contribution in [0.15, 0.2) is 0 Å². The lowest BCUT2D eigenvalue weighted by Crippen LogP contribution is -2.34. The smallest absolute Gasteiger partial charge is 0.160 e. The van der Waals surface area contributed by atoms with Gasteiger partial charge in [0, 0.05) is 5.41 Å². The minimum Gasteiger partial charge on any atom is -0.298 e. The molecule has 0 atom stereocenters. The fraction of sp³-hybridized carbons (Fsp3) is 0.917. The molecule has 0 bridgehead atoms. The first-order valence-corrected chi connectivity index (χ1v) is 7.70. The van der Waals surface area contributed by atoms with Crippen molar-refractivity contribution in [1.29, 1.82) is 0 Å². The van der Waals surface area contributed by atoms with Crippen LogP contribution in [0.1, 0.15) is 52.9 Å². The van der Waals surface area contributed by atoms with Crippen LogP contribution >= 0.6 is 0 Å². The van der Waals surface area contributed by atoms with Gasteiger partial charge in [0.05, 0.1) is 5.25 Å². The van der Waals surface area contributed by atoms with Crippen LogP contribution in [0, 0.1) is 5.41 Å². The maximum atomic E-state index is 12.0. The van der Waals surface area contributed by atoms with Crippen molar-refractivity contribution in [3.05, 3.63) is 0 Å². The molecule has 1 saturated carbocycles. The highest BCUT2D eigenvalue weighted by molar-refractivity contribution is 7.92. The molecule has 0 aromatic heterocycles. The van der Waals surface area contributed by atoms with Gasteiger partial charge in [0.15, 0.2) is 15.6 Å². The predicted octanol–water partition coefficient (Wildman–Crippen LogP) is 2.35. The summed E-state index contributed by atoms with van der Waals surface area (Å²) in [5, 5.41) is -0.271. The molecule has 0 unspecified atom stereocenters. The Morgan fingerprint density at radius 1 is 1.12 bits per heavy atom. The van der Waals surface area contributed by atoms with Crippen molar-refractivity contribution >= 4 is 15.6 Å². The van der Waals surface area contributed by atoms with Gasteiger partial charge in [0.1, 0.15) is 5.75 Å². The number of hydrogen-bond acceptors (Lipinski definition) is 3. The SMILES string of the molecule is CC(C)(C)C(=O)CS(=O)(=O)C1CCCCC1. The van der Waals surface area contributed by atoms with E-state index >= 15 is 0 Å². The van der Waals surface area contributed by atoms with Crippen LogP contribution in [0.5, 0.6) is 0 Å². The second-order valence-electron chi connectivity index (χ2n) is 5.74. The van der Waals surface area contributed by atoms with E-state index in [1.54, 1.807) is 20.8 Å². The van der Waals surface area contributed by atoms with E-state index in [1.807, 2.05) is 0 Å². The highest BCUT2D eigenvalue weighted by Crippen LogP contribution is 2.26. The lowest BCUT2D eigenvalue weighted by atomic mass is 9.92. The van der Waals surface area contributed by atoms with E-state index in [0.717, 1.165) is 32.1 Å². The highest BCUT2D eigenvalue weighted by Gasteiger charge is 2.32. The van der Waals surface area contributed by atoms with E-state index in [9.17, 15) is 13.2 Å². The number of Topliss-reactive ketones (excluding diaryl/α,β-unsaturated/α-hetero) is 1. The summed E-state index contributed by atoms with van der Waals surface area (Å²) in [5.41, 5.74) is -0.554. The molecule has 0 N–H and O–H groups in total. The van der Waals surface area contributed by atoms with Crippen LogP contribution in [-0.4, -0.2) is 25.2 Å². The Bertz CT molecular complexity index is 343. The zero-order chi connectivity index (χ0) is 12.4. The highest BCUT2D eigenvalue weighted by atomic mass is 32.2. The number of carbonyl (C=O) groups is 1. The number of hydrogen-bond donors (Lipinski definition) is 0. The average molecular weight is 246 g/mol. The predicted molar refractivity (Wildman–Crippen MR) is 65.1 cm³/mol. The Morgan fingerprint density at radius 2 is 1.62 bits per heavy atom. The summed E-state index contributed by atoms with van der Waals surface area (Å²) in [5.74, 6) is -0.445. The fourth-order valence-corrected chi connectivity index (χ4v) is 4.03. The third kappa shape index (κ3) is 3.58. The van der Waals surface area contributed by atoms with Gasteiger partial charge in [-0.1, -0.05) is 40.0 Å². The van der Waals surface area contributed by atoms with Crippen molar-refractivity contribution in [2.75, 3.05) is 5.75 Å². The van der Waals surface area contributed by atoms with Crippen molar-refractivity contribution in [2.24, 2.45) is 5.41 Å². The summed E-state index contributed by atoms with van der Waals surface area (Å²) in [6.45, 7) is 5.31. The third-order valence-electron chi connectivity index (χ3n) is 3.23. The molecule has 0 aromatic rings. The van der Waals surface area contributed by atoms with Crippen molar-refractivity contribution in [1.82, 2.24) is 0 Å². The van der Waals surface area contributed by atoms with Crippen LogP contribution in [0.3, 0.4) is 0 Å². The normalized spacial score (nSPS) is 19.7. The van der Waals surface area contributed by atoms with Crippen molar-refractivity contribution < 1.29 is 13.2 Å². The molecule has 94 valence electrons. The Hall–Kier alpha value is -0.380. The van der Waals surface area contributed by atoms with Gasteiger partial charge in [-0.05, 0) is 12.8 Å². The van der Waals surface area contributed by atoms with Crippen LogP contribution < -0.4 is 0 Å². The van der Waals surface area contributed by atoms with Crippen molar-refractivity contribution in [3.63, 3.8) is 0 Å². The molecule has 1 aliphatic rings. The summed E-state index contributed by atoms with van der Waals surface area (Å²) in [7, 11) is -3.22. The number of carbonyl (C=O) groups excluding carboxylic acids is 1. The van der Waals surface area contributed by atoms with E-state index in [4.69, 9.17) is 0 Å². The molecular weight excluding hydrogens is 224 g/mol. The van der Waals surface area contributed by atoms with Gasteiger partial charge in [-0.25, -0.2) is 8.42 Å². The topological polar surface area (TPSA) is 51.2 Å². The minimum absolute atomic E-state index is 0.168. The van der Waals surface area contributed by atoms with Gasteiger partial charge in [-0.2, -0.15) is 0 Å². The summed E-state index contributed by atoms with van der Waals surface area (Å²) in [6.07, 6.45) is 4.56. The van der Waals surface area contributed by atoms with Crippen LogP contribution in [0.2, 0.25) is 0 Å². The Labute approximate surface area is 98.5 Å². The maximum Gasteiger partial charge on any atom is 0.160 e. The first-order chi connectivity index (χ1) is 7.23. The molecule has 0 aliphatic heterocycles. The first-order valence-electron chi connectivity index (χ1n) is 5.98. The van der Waals surface area contributed by atoms with Gasteiger partial charge in [0.25, 0.3) is 0 Å². The molecule has 3 nitrogen and oxygen atoms in total.